The van der Waals surface area contributed by atoms with E-state index in [1.54, 1.807) is 49.4 Å². The van der Waals surface area contributed by atoms with Crippen LogP contribution in [-0.2, 0) is 4.74 Å². The van der Waals surface area contributed by atoms with Crippen LogP contribution >= 0.6 is 0 Å². The smallest absolute Gasteiger partial charge is 0.255 e. The summed E-state index contributed by atoms with van der Waals surface area (Å²) in [4.78, 5) is 16.7. The van der Waals surface area contributed by atoms with Gasteiger partial charge >= 0.3 is 0 Å². The topological polar surface area (TPSA) is 73.6 Å². The molecule has 1 aromatic heterocycles. The largest absolute Gasteiger partial charge is 0.491 e. The van der Waals surface area contributed by atoms with Gasteiger partial charge < -0.3 is 19.2 Å². The highest BCUT2D eigenvalue weighted by molar-refractivity contribution is 6.04. The third-order valence-electron chi connectivity index (χ3n) is 4.33. The zero-order chi connectivity index (χ0) is 17.9. The molecular weight excluding hydrogens is 332 g/mol. The molecule has 26 heavy (non-hydrogen) atoms. The summed E-state index contributed by atoms with van der Waals surface area (Å²) in [5.74, 6) is 1.15. The first kappa shape index (κ1) is 16.6. The summed E-state index contributed by atoms with van der Waals surface area (Å²) in [6.07, 6.45) is 2.30. The monoisotopic (exact) mass is 352 g/mol. The van der Waals surface area contributed by atoms with Crippen molar-refractivity contribution in [2.45, 2.75) is 25.9 Å². The van der Waals surface area contributed by atoms with E-state index in [1.165, 1.54) is 0 Å². The van der Waals surface area contributed by atoms with E-state index in [1.807, 2.05) is 0 Å². The van der Waals surface area contributed by atoms with Crippen molar-refractivity contribution in [3.63, 3.8) is 0 Å². The number of rotatable bonds is 5. The zero-order valence-corrected chi connectivity index (χ0v) is 14.5. The fourth-order valence-electron chi connectivity index (χ4n) is 2.99. The van der Waals surface area contributed by atoms with Gasteiger partial charge in [0.25, 0.3) is 5.91 Å². The van der Waals surface area contributed by atoms with E-state index < -0.39 is 0 Å². The summed E-state index contributed by atoms with van der Waals surface area (Å²) < 4.78 is 16.7. The Morgan fingerprint density at radius 2 is 2.12 bits per heavy atom. The van der Waals surface area contributed by atoms with Crippen molar-refractivity contribution in [3.8, 4) is 5.75 Å². The van der Waals surface area contributed by atoms with Gasteiger partial charge in [0.15, 0.2) is 11.5 Å². The number of anilines is 1. The maximum Gasteiger partial charge on any atom is 0.255 e. The predicted molar refractivity (Wildman–Crippen MR) is 97.6 cm³/mol. The lowest BCUT2D eigenvalue weighted by molar-refractivity contribution is 0.0679. The van der Waals surface area contributed by atoms with Crippen molar-refractivity contribution in [2.75, 3.05) is 18.5 Å². The molecule has 1 amide bonds. The van der Waals surface area contributed by atoms with Gasteiger partial charge in [0.2, 0.25) is 0 Å². The number of amides is 1. The molecule has 0 aliphatic carbocycles. The number of aryl methyl sites for hydroxylation is 1. The Morgan fingerprint density at radius 3 is 2.88 bits per heavy atom. The molecule has 4 rings (SSSR count). The lowest BCUT2D eigenvalue weighted by Gasteiger charge is -2.11. The maximum absolute atomic E-state index is 12.4. The van der Waals surface area contributed by atoms with Crippen LogP contribution in [0.4, 0.5) is 5.69 Å². The second-order valence-corrected chi connectivity index (χ2v) is 6.34. The lowest BCUT2D eigenvalue weighted by Crippen LogP contribution is -2.16. The predicted octanol–water partition coefficient (Wildman–Crippen LogP) is 3.95. The standard InChI is InChI=1S/C20H20N2O4/c1-13-21-18-11-15(6-9-19(18)26-13)22-20(23)14-4-7-16(8-5-14)25-12-17-3-2-10-24-17/h4-9,11,17H,2-3,10,12H2,1H3,(H,22,23)/t17-/m1/s1. The van der Waals surface area contributed by atoms with Gasteiger partial charge in [0, 0.05) is 24.8 Å². The highest BCUT2D eigenvalue weighted by Gasteiger charge is 2.16. The number of oxazole rings is 1. The molecule has 0 spiro atoms. The first-order valence-electron chi connectivity index (χ1n) is 8.70. The summed E-state index contributed by atoms with van der Waals surface area (Å²) >= 11 is 0. The molecule has 1 atom stereocenters. The molecule has 0 radical (unpaired) electrons. The number of ether oxygens (including phenoxy) is 2. The molecule has 0 unspecified atom stereocenters. The number of fused-ring (bicyclic) bond motifs is 1. The highest BCUT2D eigenvalue weighted by atomic mass is 16.5. The Kier molecular flexibility index (Phi) is 4.58. The first-order valence-corrected chi connectivity index (χ1v) is 8.70. The van der Waals surface area contributed by atoms with Crippen molar-refractivity contribution < 1.29 is 18.7 Å². The van der Waals surface area contributed by atoms with Gasteiger partial charge in [-0.05, 0) is 55.3 Å². The summed E-state index contributed by atoms with van der Waals surface area (Å²) in [6, 6.07) is 12.5. The van der Waals surface area contributed by atoms with E-state index in [9.17, 15) is 4.79 Å². The minimum absolute atomic E-state index is 0.174. The molecule has 0 saturated carbocycles. The zero-order valence-electron chi connectivity index (χ0n) is 14.5. The van der Waals surface area contributed by atoms with E-state index >= 15 is 0 Å². The fraction of sp³-hybridized carbons (Fsp3) is 0.300. The summed E-state index contributed by atoms with van der Waals surface area (Å²) in [6.45, 7) is 3.15. The number of nitrogens with one attached hydrogen (secondary N) is 1. The van der Waals surface area contributed by atoms with E-state index in [-0.39, 0.29) is 12.0 Å². The Bertz CT molecular complexity index is 911. The van der Waals surface area contributed by atoms with Crippen LogP contribution in [0.5, 0.6) is 5.75 Å². The van der Waals surface area contributed by atoms with Gasteiger partial charge in [-0.15, -0.1) is 0 Å². The molecule has 6 nitrogen and oxygen atoms in total. The number of carbonyl (C=O) groups excluding carboxylic acids is 1. The number of hydrogen-bond acceptors (Lipinski definition) is 5. The molecule has 1 saturated heterocycles. The molecular formula is C20H20N2O4. The van der Waals surface area contributed by atoms with Gasteiger partial charge in [0.05, 0.1) is 6.10 Å². The van der Waals surface area contributed by atoms with Gasteiger partial charge in [-0.1, -0.05) is 0 Å². The minimum Gasteiger partial charge on any atom is -0.491 e. The van der Waals surface area contributed by atoms with Crippen LogP contribution in [-0.4, -0.2) is 30.2 Å². The Hall–Kier alpha value is -2.86. The normalized spacial score (nSPS) is 16.7. The van der Waals surface area contributed by atoms with Crippen LogP contribution in [0.1, 0.15) is 29.1 Å². The molecule has 134 valence electrons. The molecule has 1 fully saturated rings. The van der Waals surface area contributed by atoms with Crippen molar-refractivity contribution in [1.29, 1.82) is 0 Å². The van der Waals surface area contributed by atoms with Crippen molar-refractivity contribution in [3.05, 3.63) is 53.9 Å². The molecule has 2 aromatic carbocycles. The lowest BCUT2D eigenvalue weighted by atomic mass is 10.2. The number of hydrogen-bond donors (Lipinski definition) is 1. The van der Waals surface area contributed by atoms with E-state index in [4.69, 9.17) is 13.9 Å². The molecule has 1 N–H and O–H groups in total. The quantitative estimate of drug-likeness (QED) is 0.753. The molecule has 3 aromatic rings. The van der Waals surface area contributed by atoms with Crippen LogP contribution in [0.15, 0.2) is 46.9 Å². The Labute approximate surface area is 151 Å². The number of nitrogens with zero attached hydrogens (tertiary/aromatic N) is 1. The number of carbonyl (C=O) groups is 1. The van der Waals surface area contributed by atoms with Gasteiger partial charge in [-0.25, -0.2) is 4.98 Å². The number of benzene rings is 2. The third kappa shape index (κ3) is 3.70. The Morgan fingerprint density at radius 1 is 1.27 bits per heavy atom. The molecule has 1 aliphatic rings. The second-order valence-electron chi connectivity index (χ2n) is 6.34. The molecule has 2 heterocycles. The average Bonchev–Trinajstić information content (AvgIpc) is 3.28. The summed E-state index contributed by atoms with van der Waals surface area (Å²) in [5, 5.41) is 2.87. The van der Waals surface area contributed by atoms with Crippen molar-refractivity contribution >= 4 is 22.7 Å². The van der Waals surface area contributed by atoms with Crippen LogP contribution in [0, 0.1) is 6.92 Å². The molecule has 1 aliphatic heterocycles. The average molecular weight is 352 g/mol. The fourth-order valence-corrected chi connectivity index (χ4v) is 2.99. The molecule has 0 bridgehead atoms. The third-order valence-corrected chi connectivity index (χ3v) is 4.33. The van der Waals surface area contributed by atoms with Crippen LogP contribution in [0.25, 0.3) is 11.1 Å². The molecule has 6 heteroatoms. The summed E-state index contributed by atoms with van der Waals surface area (Å²) in [5.41, 5.74) is 2.66. The summed E-state index contributed by atoms with van der Waals surface area (Å²) in [7, 11) is 0. The van der Waals surface area contributed by atoms with Gasteiger partial charge in [-0.2, -0.15) is 0 Å². The van der Waals surface area contributed by atoms with Crippen molar-refractivity contribution in [2.24, 2.45) is 0 Å². The minimum atomic E-state index is -0.185. The maximum atomic E-state index is 12.4. The second kappa shape index (κ2) is 7.17. The number of aromatic nitrogens is 1. The Balaban J connectivity index is 1.38. The van der Waals surface area contributed by atoms with E-state index in [0.29, 0.717) is 29.3 Å². The first-order chi connectivity index (χ1) is 12.7. The van der Waals surface area contributed by atoms with Crippen LogP contribution in [0.2, 0.25) is 0 Å². The van der Waals surface area contributed by atoms with Gasteiger partial charge in [0.1, 0.15) is 17.9 Å². The highest BCUT2D eigenvalue weighted by Crippen LogP contribution is 2.21. The van der Waals surface area contributed by atoms with Gasteiger partial charge in [-0.3, -0.25) is 4.79 Å². The SMILES string of the molecule is Cc1nc2cc(NC(=O)c3ccc(OC[C@H]4CCCO4)cc3)ccc2o1. The van der Waals surface area contributed by atoms with E-state index in [2.05, 4.69) is 10.3 Å². The van der Waals surface area contributed by atoms with Crippen LogP contribution < -0.4 is 10.1 Å². The van der Waals surface area contributed by atoms with Crippen LogP contribution in [0.3, 0.4) is 0 Å². The van der Waals surface area contributed by atoms with Crippen molar-refractivity contribution in [1.82, 2.24) is 4.98 Å². The van der Waals surface area contributed by atoms with E-state index in [0.717, 1.165) is 30.7 Å².